The standard InChI is InChI=1S/C30H41NSi/c1-21-18-19-27-25(20-21)28-29(32(3,4)23-14-8-9-15-23)24-16-10-11-17-26(24)30(28,31(27)2)22-12-6-5-7-13-22/h10-11,16-20,22-23,28-29H,5-9,12-15H2,1-4H3. The Kier molecular flexibility index (Phi) is 4.92. The Labute approximate surface area is 196 Å². The molecule has 2 aromatic rings. The van der Waals surface area contributed by atoms with E-state index in [1.807, 2.05) is 0 Å². The molecule has 1 aliphatic heterocycles. The van der Waals surface area contributed by atoms with Crippen molar-refractivity contribution in [1.29, 1.82) is 0 Å². The second-order valence-electron chi connectivity index (χ2n) is 12.1. The quantitative estimate of drug-likeness (QED) is 0.431. The zero-order chi connectivity index (χ0) is 22.1. The maximum absolute atomic E-state index is 2.79. The Balaban J connectivity index is 1.62. The maximum Gasteiger partial charge on any atom is 0.0753 e. The van der Waals surface area contributed by atoms with Crippen molar-refractivity contribution in [2.75, 3.05) is 11.9 Å². The van der Waals surface area contributed by atoms with Crippen LogP contribution in [0.15, 0.2) is 42.5 Å². The van der Waals surface area contributed by atoms with Gasteiger partial charge >= 0.3 is 0 Å². The molecule has 2 heteroatoms. The molecule has 0 bridgehead atoms. The van der Waals surface area contributed by atoms with Crippen molar-refractivity contribution in [3.8, 4) is 0 Å². The van der Waals surface area contributed by atoms with Crippen LogP contribution < -0.4 is 4.90 Å². The van der Waals surface area contributed by atoms with E-state index in [0.29, 0.717) is 5.92 Å². The molecule has 3 unspecified atom stereocenters. The lowest BCUT2D eigenvalue weighted by atomic mass is 9.67. The normalized spacial score (nSPS) is 30.4. The summed E-state index contributed by atoms with van der Waals surface area (Å²) in [7, 11) is 0.923. The van der Waals surface area contributed by atoms with Crippen LogP contribution in [0.2, 0.25) is 18.6 Å². The summed E-state index contributed by atoms with van der Waals surface area (Å²) in [4.78, 5) is 2.79. The van der Waals surface area contributed by atoms with E-state index in [9.17, 15) is 0 Å². The second-order valence-corrected chi connectivity index (χ2v) is 17.2. The molecule has 0 radical (unpaired) electrons. The summed E-state index contributed by atoms with van der Waals surface area (Å²) < 4.78 is 0. The molecule has 0 saturated heterocycles. The number of hydrogen-bond acceptors (Lipinski definition) is 1. The van der Waals surface area contributed by atoms with Gasteiger partial charge < -0.3 is 4.90 Å². The first-order chi connectivity index (χ1) is 15.5. The van der Waals surface area contributed by atoms with Gasteiger partial charge in [-0.3, -0.25) is 0 Å². The van der Waals surface area contributed by atoms with Crippen molar-refractivity contribution >= 4 is 13.8 Å². The summed E-state index contributed by atoms with van der Waals surface area (Å²) >= 11 is 0. The van der Waals surface area contributed by atoms with E-state index >= 15 is 0 Å². The first-order valence-electron chi connectivity index (χ1n) is 13.4. The Bertz CT molecular complexity index is 1010. The molecule has 4 aliphatic rings. The Morgan fingerprint density at radius 3 is 2.28 bits per heavy atom. The van der Waals surface area contributed by atoms with Crippen LogP contribution in [-0.4, -0.2) is 15.1 Å². The molecule has 32 heavy (non-hydrogen) atoms. The lowest BCUT2D eigenvalue weighted by molar-refractivity contribution is 0.185. The molecule has 3 aliphatic carbocycles. The van der Waals surface area contributed by atoms with Crippen molar-refractivity contribution < 1.29 is 0 Å². The Morgan fingerprint density at radius 1 is 0.844 bits per heavy atom. The zero-order valence-corrected chi connectivity index (χ0v) is 21.7. The van der Waals surface area contributed by atoms with E-state index in [1.165, 1.54) is 69.0 Å². The van der Waals surface area contributed by atoms with E-state index in [0.717, 1.165) is 17.0 Å². The first-order valence-corrected chi connectivity index (χ1v) is 16.6. The molecular formula is C30H41NSi. The zero-order valence-electron chi connectivity index (χ0n) is 20.7. The third-order valence-corrected chi connectivity index (χ3v) is 15.3. The summed E-state index contributed by atoms with van der Waals surface area (Å²) in [6, 6.07) is 17.2. The fraction of sp³-hybridized carbons (Fsp3) is 0.600. The second kappa shape index (κ2) is 7.48. The molecule has 2 saturated carbocycles. The highest BCUT2D eigenvalue weighted by Gasteiger charge is 2.66. The number of fused-ring (bicyclic) bond motifs is 5. The topological polar surface area (TPSA) is 3.24 Å². The smallest absolute Gasteiger partial charge is 0.0753 e. The minimum Gasteiger partial charge on any atom is -0.364 e. The lowest BCUT2D eigenvalue weighted by Gasteiger charge is -2.49. The molecule has 2 fully saturated rings. The molecule has 0 aromatic heterocycles. The highest BCUT2D eigenvalue weighted by atomic mass is 28.3. The van der Waals surface area contributed by atoms with Crippen LogP contribution in [0.1, 0.15) is 91.5 Å². The van der Waals surface area contributed by atoms with Gasteiger partial charge in [-0.15, -0.1) is 0 Å². The molecular weight excluding hydrogens is 402 g/mol. The van der Waals surface area contributed by atoms with E-state index in [4.69, 9.17) is 0 Å². The number of hydrogen-bond donors (Lipinski definition) is 0. The molecule has 3 atom stereocenters. The van der Waals surface area contributed by atoms with Crippen LogP contribution in [0.4, 0.5) is 5.69 Å². The predicted molar refractivity (Wildman–Crippen MR) is 139 cm³/mol. The van der Waals surface area contributed by atoms with Crippen molar-refractivity contribution in [2.24, 2.45) is 5.92 Å². The van der Waals surface area contributed by atoms with Gasteiger partial charge in [0.15, 0.2) is 0 Å². The van der Waals surface area contributed by atoms with Gasteiger partial charge in [0.25, 0.3) is 0 Å². The number of anilines is 1. The van der Waals surface area contributed by atoms with Crippen molar-refractivity contribution in [1.82, 2.24) is 0 Å². The molecule has 1 heterocycles. The number of likely N-dealkylation sites (N-methyl/N-ethyl adjacent to an activating group) is 1. The minimum atomic E-state index is -1.53. The fourth-order valence-electron chi connectivity index (χ4n) is 9.01. The number of benzene rings is 2. The highest BCUT2D eigenvalue weighted by molar-refractivity contribution is 6.80. The highest BCUT2D eigenvalue weighted by Crippen LogP contribution is 2.70. The van der Waals surface area contributed by atoms with Gasteiger partial charge in [0.2, 0.25) is 0 Å². The predicted octanol–water partition coefficient (Wildman–Crippen LogP) is 8.29. The van der Waals surface area contributed by atoms with Crippen LogP contribution in [0.25, 0.3) is 0 Å². The largest absolute Gasteiger partial charge is 0.364 e. The number of aryl methyl sites for hydroxylation is 1. The Hall–Kier alpha value is -1.54. The van der Waals surface area contributed by atoms with Gasteiger partial charge in [-0.1, -0.05) is 100 Å². The number of nitrogens with zero attached hydrogens (tertiary/aromatic N) is 1. The summed E-state index contributed by atoms with van der Waals surface area (Å²) in [6.45, 7) is 7.85. The molecule has 6 rings (SSSR count). The third kappa shape index (κ3) is 2.68. The molecule has 170 valence electrons. The van der Waals surface area contributed by atoms with E-state index in [1.54, 1.807) is 16.7 Å². The van der Waals surface area contributed by atoms with Crippen LogP contribution >= 0.6 is 0 Å². The van der Waals surface area contributed by atoms with Gasteiger partial charge in [0.05, 0.1) is 13.6 Å². The average Bonchev–Trinajstić information content (AvgIpc) is 3.50. The molecule has 0 amide bonds. The summed E-state index contributed by atoms with van der Waals surface area (Å²) in [5.74, 6) is 1.42. The SMILES string of the molecule is Cc1ccc2c(c1)C1C([Si](C)(C)C3CCCC3)c3ccccc3C1(C1CCCCC1)N2C. The summed E-state index contributed by atoms with van der Waals surface area (Å²) in [5.41, 5.74) is 9.99. The van der Waals surface area contributed by atoms with Crippen LogP contribution in [0, 0.1) is 12.8 Å². The maximum atomic E-state index is 2.79. The van der Waals surface area contributed by atoms with Gasteiger partial charge in [0, 0.05) is 18.7 Å². The molecule has 2 aromatic carbocycles. The average molecular weight is 444 g/mol. The van der Waals surface area contributed by atoms with Crippen LogP contribution in [-0.2, 0) is 5.54 Å². The molecule has 0 spiro atoms. The van der Waals surface area contributed by atoms with Crippen molar-refractivity contribution in [3.05, 3.63) is 64.7 Å². The van der Waals surface area contributed by atoms with Crippen LogP contribution in [0.3, 0.4) is 0 Å². The fourth-order valence-corrected chi connectivity index (χ4v) is 13.8. The monoisotopic (exact) mass is 443 g/mol. The van der Waals surface area contributed by atoms with E-state index in [-0.39, 0.29) is 5.54 Å². The van der Waals surface area contributed by atoms with Crippen molar-refractivity contribution in [2.45, 2.75) is 100 Å². The summed E-state index contributed by atoms with van der Waals surface area (Å²) in [6.07, 6.45) is 13.0. The van der Waals surface area contributed by atoms with Crippen molar-refractivity contribution in [3.63, 3.8) is 0 Å². The van der Waals surface area contributed by atoms with Gasteiger partial charge in [-0.05, 0) is 59.5 Å². The Morgan fingerprint density at radius 2 is 1.53 bits per heavy atom. The summed E-state index contributed by atoms with van der Waals surface area (Å²) in [5, 5.41) is 0. The lowest BCUT2D eigenvalue weighted by Crippen LogP contribution is -2.51. The van der Waals surface area contributed by atoms with Gasteiger partial charge in [0.1, 0.15) is 0 Å². The molecule has 0 N–H and O–H groups in total. The van der Waals surface area contributed by atoms with Gasteiger partial charge in [-0.25, -0.2) is 0 Å². The third-order valence-electron chi connectivity index (χ3n) is 10.4. The van der Waals surface area contributed by atoms with Crippen LogP contribution in [0.5, 0.6) is 0 Å². The first kappa shape index (κ1) is 21.0. The molecule has 1 nitrogen and oxygen atoms in total. The number of rotatable bonds is 3. The van der Waals surface area contributed by atoms with Gasteiger partial charge in [-0.2, -0.15) is 0 Å². The van der Waals surface area contributed by atoms with E-state index < -0.39 is 8.07 Å². The van der Waals surface area contributed by atoms with E-state index in [2.05, 4.69) is 74.4 Å². The minimum absolute atomic E-state index is 0.167.